The molecule has 9 heteroatoms. The number of aliphatic hydroxyl groups excluding tert-OH is 1. The Morgan fingerprint density at radius 1 is 1.38 bits per heavy atom. The topological polar surface area (TPSA) is 134 Å². The monoisotopic (exact) mass is 411 g/mol. The highest BCUT2D eigenvalue weighted by atomic mass is 16.5. The third-order valence-electron chi connectivity index (χ3n) is 4.67. The Morgan fingerprint density at radius 2 is 1.97 bits per heavy atom. The predicted octanol–water partition coefficient (Wildman–Crippen LogP) is 0.615. The number of hydrazine groups is 1. The summed E-state index contributed by atoms with van der Waals surface area (Å²) in [6, 6.07) is 5.45. The number of ether oxygens (including phenoxy) is 1. The first kappa shape index (κ1) is 26.6. The van der Waals surface area contributed by atoms with Gasteiger partial charge in [-0.1, -0.05) is 19.9 Å². The van der Waals surface area contributed by atoms with Crippen LogP contribution in [0.3, 0.4) is 0 Å². The van der Waals surface area contributed by atoms with E-state index in [4.69, 9.17) is 26.2 Å². The van der Waals surface area contributed by atoms with E-state index in [2.05, 4.69) is 17.1 Å². The number of aliphatic hydroxyl groups is 1. The van der Waals surface area contributed by atoms with Crippen LogP contribution in [0, 0.1) is 5.92 Å². The number of hydrogen-bond acceptors (Lipinski definition) is 8. The Bertz CT molecular complexity index is 605. The molecule has 0 aromatic heterocycles. The van der Waals surface area contributed by atoms with Gasteiger partial charge in [0.25, 0.3) is 0 Å². The van der Waals surface area contributed by atoms with Gasteiger partial charge in [-0.3, -0.25) is 9.80 Å². The summed E-state index contributed by atoms with van der Waals surface area (Å²) in [7, 11) is 5.14. The quantitative estimate of drug-likeness (QED) is 0.232. The van der Waals surface area contributed by atoms with Crippen LogP contribution in [-0.2, 0) is 9.59 Å². The minimum atomic E-state index is -0.413. The van der Waals surface area contributed by atoms with Gasteiger partial charge in [-0.2, -0.15) is 0 Å². The first-order chi connectivity index (χ1) is 13.6. The Labute approximate surface area is 173 Å². The van der Waals surface area contributed by atoms with Gasteiger partial charge in [-0.25, -0.2) is 5.84 Å². The highest BCUT2D eigenvalue weighted by Crippen LogP contribution is 2.32. The van der Waals surface area contributed by atoms with Gasteiger partial charge in [-0.15, -0.1) is 0 Å². The normalized spacial score (nSPS) is 19.2. The van der Waals surface area contributed by atoms with Gasteiger partial charge >= 0.3 is 0 Å². The molecule has 2 rings (SSSR count). The average molecular weight is 412 g/mol. The third kappa shape index (κ3) is 8.68. The van der Waals surface area contributed by atoms with E-state index in [9.17, 15) is 4.79 Å². The summed E-state index contributed by atoms with van der Waals surface area (Å²) in [5.74, 6) is 6.59. The summed E-state index contributed by atoms with van der Waals surface area (Å²) in [6.07, 6.45) is 2.31. The second-order valence-electron chi connectivity index (χ2n) is 7.26. The first-order valence-corrected chi connectivity index (χ1v) is 9.55. The lowest BCUT2D eigenvalue weighted by molar-refractivity contribution is -0.110. The van der Waals surface area contributed by atoms with Crippen molar-refractivity contribution < 1.29 is 19.4 Å². The molecule has 1 fully saturated rings. The number of likely N-dealkylation sites (tertiary alicyclic amines) is 1. The number of nitrogens with two attached hydrogens (primary N) is 2. The minimum absolute atomic E-state index is 0.0741. The molecule has 9 nitrogen and oxygen atoms in total. The van der Waals surface area contributed by atoms with Crippen molar-refractivity contribution in [2.75, 3.05) is 38.5 Å². The molecule has 1 aliphatic heterocycles. The molecule has 1 amide bonds. The minimum Gasteiger partial charge on any atom is -0.495 e. The summed E-state index contributed by atoms with van der Waals surface area (Å²) in [6.45, 7) is 6.84. The van der Waals surface area contributed by atoms with Crippen molar-refractivity contribution in [1.82, 2.24) is 10.2 Å². The summed E-state index contributed by atoms with van der Waals surface area (Å²) >= 11 is 0. The van der Waals surface area contributed by atoms with Crippen molar-refractivity contribution in [3.63, 3.8) is 0 Å². The fourth-order valence-corrected chi connectivity index (χ4v) is 2.80. The van der Waals surface area contributed by atoms with E-state index in [0.717, 1.165) is 19.3 Å². The van der Waals surface area contributed by atoms with Gasteiger partial charge in [0.05, 0.1) is 24.6 Å². The van der Waals surface area contributed by atoms with Gasteiger partial charge in [0, 0.05) is 19.6 Å². The zero-order chi connectivity index (χ0) is 22.6. The molecule has 1 aliphatic rings. The lowest BCUT2D eigenvalue weighted by Crippen LogP contribution is -2.45. The average Bonchev–Trinajstić information content (AvgIpc) is 2.98. The molecule has 3 unspecified atom stereocenters. The third-order valence-corrected chi connectivity index (χ3v) is 4.67. The lowest BCUT2D eigenvalue weighted by atomic mass is 10.0. The van der Waals surface area contributed by atoms with Crippen LogP contribution in [0.5, 0.6) is 5.75 Å². The van der Waals surface area contributed by atoms with E-state index in [0.29, 0.717) is 29.6 Å². The number of nitrogens with zero attached hydrogens (tertiary/aromatic N) is 2. The van der Waals surface area contributed by atoms with Crippen LogP contribution >= 0.6 is 0 Å². The van der Waals surface area contributed by atoms with Gasteiger partial charge in [0.15, 0.2) is 0 Å². The van der Waals surface area contributed by atoms with E-state index in [1.54, 1.807) is 25.2 Å². The van der Waals surface area contributed by atoms with Gasteiger partial charge in [-0.05, 0) is 38.4 Å². The van der Waals surface area contributed by atoms with Gasteiger partial charge < -0.3 is 30.6 Å². The molecule has 1 saturated heterocycles. The number of carbonyl (C=O) groups excluding carboxylic acids is 2. The van der Waals surface area contributed by atoms with Crippen LogP contribution in [0.4, 0.5) is 11.4 Å². The van der Waals surface area contributed by atoms with Crippen molar-refractivity contribution in [2.45, 2.75) is 45.4 Å². The number of nitrogens with one attached hydrogen (secondary N) is 1. The molecular formula is C20H37N5O4. The van der Waals surface area contributed by atoms with E-state index in [1.807, 2.05) is 20.9 Å². The number of rotatable bonds is 6. The van der Waals surface area contributed by atoms with Crippen LogP contribution < -0.4 is 26.6 Å². The van der Waals surface area contributed by atoms with Gasteiger partial charge in [0.2, 0.25) is 6.41 Å². The number of benzene rings is 1. The van der Waals surface area contributed by atoms with Crippen molar-refractivity contribution in [2.24, 2.45) is 11.8 Å². The van der Waals surface area contributed by atoms with E-state index in [-0.39, 0.29) is 12.0 Å². The summed E-state index contributed by atoms with van der Waals surface area (Å²) in [5.41, 5.74) is 6.95. The summed E-state index contributed by atoms with van der Waals surface area (Å²) in [4.78, 5) is 22.3. The SMILES string of the molecule is CC1CC(O)CN1C.CNC=O.COc1cccc(N(N)C(C=O)C(C)C)c1N. The molecule has 166 valence electrons. The van der Waals surface area contributed by atoms with Crippen molar-refractivity contribution in [3.8, 4) is 5.75 Å². The number of para-hydroxylation sites is 1. The van der Waals surface area contributed by atoms with Crippen LogP contribution in [-0.4, -0.2) is 68.6 Å². The van der Waals surface area contributed by atoms with Crippen LogP contribution in [0.15, 0.2) is 18.2 Å². The van der Waals surface area contributed by atoms with Crippen LogP contribution in [0.2, 0.25) is 0 Å². The number of amides is 1. The largest absolute Gasteiger partial charge is 0.495 e. The Balaban J connectivity index is 0.000000537. The zero-order valence-corrected chi connectivity index (χ0v) is 18.3. The maximum atomic E-state index is 11.0. The Morgan fingerprint density at radius 3 is 2.28 bits per heavy atom. The number of hydrogen-bond donors (Lipinski definition) is 4. The molecule has 0 bridgehead atoms. The van der Waals surface area contributed by atoms with Crippen molar-refractivity contribution in [3.05, 3.63) is 18.2 Å². The number of carbonyl (C=O) groups is 2. The van der Waals surface area contributed by atoms with Crippen LogP contribution in [0.1, 0.15) is 27.2 Å². The Kier molecular flexibility index (Phi) is 12.6. The molecule has 29 heavy (non-hydrogen) atoms. The molecule has 0 spiro atoms. The number of aldehydes is 1. The fourth-order valence-electron chi connectivity index (χ4n) is 2.80. The lowest BCUT2D eigenvalue weighted by Gasteiger charge is -2.29. The van der Waals surface area contributed by atoms with Gasteiger partial charge in [0.1, 0.15) is 18.1 Å². The van der Waals surface area contributed by atoms with Crippen molar-refractivity contribution in [1.29, 1.82) is 0 Å². The standard InChI is InChI=1S/C12H19N3O2.C6H13NO.C2H5NO/c1-8(2)10(7-16)15(14)9-5-4-6-11(17-3)12(9)13;1-5-3-6(8)4-7(5)2;1-3-2-4/h4-8,10H,13-14H2,1-3H3;5-6,8H,3-4H2,1-2H3;2H,1H3,(H,3,4). The number of anilines is 2. The number of β-amino-alcohol motifs (C(OH)–C–C–N with tert-alkyl or cyclic N) is 1. The fraction of sp³-hybridized carbons (Fsp3) is 0.600. The van der Waals surface area contributed by atoms with Crippen molar-refractivity contribution >= 4 is 24.1 Å². The highest BCUT2D eigenvalue weighted by Gasteiger charge is 2.23. The predicted molar refractivity (Wildman–Crippen MR) is 117 cm³/mol. The molecule has 1 aromatic rings. The number of nitrogen functional groups attached to an aromatic ring is 1. The maximum absolute atomic E-state index is 11.0. The van der Waals surface area contributed by atoms with E-state index in [1.165, 1.54) is 12.1 Å². The molecule has 0 radical (unpaired) electrons. The second kappa shape index (κ2) is 13.8. The smallest absolute Gasteiger partial charge is 0.206 e. The summed E-state index contributed by atoms with van der Waals surface area (Å²) in [5, 5.41) is 12.7. The molecule has 6 N–H and O–H groups in total. The molecule has 1 aromatic carbocycles. The van der Waals surface area contributed by atoms with E-state index >= 15 is 0 Å². The first-order valence-electron chi connectivity index (χ1n) is 9.55. The second-order valence-corrected chi connectivity index (χ2v) is 7.26. The number of likely N-dealkylation sites (N-methyl/N-ethyl adjacent to an activating group) is 1. The van der Waals surface area contributed by atoms with Crippen LogP contribution in [0.25, 0.3) is 0 Å². The molecule has 3 atom stereocenters. The summed E-state index contributed by atoms with van der Waals surface area (Å²) < 4.78 is 5.11. The molecule has 0 saturated carbocycles. The maximum Gasteiger partial charge on any atom is 0.206 e. The molecule has 0 aliphatic carbocycles. The Hall–Kier alpha value is -2.36. The van der Waals surface area contributed by atoms with E-state index < -0.39 is 6.04 Å². The molecular weight excluding hydrogens is 374 g/mol. The number of methoxy groups -OCH3 is 1. The molecule has 1 heterocycles. The zero-order valence-electron chi connectivity index (χ0n) is 18.3. The highest BCUT2D eigenvalue weighted by molar-refractivity contribution is 5.77.